The number of imidazole rings is 2. The lowest BCUT2D eigenvalue weighted by molar-refractivity contribution is -0.745. The number of anilines is 2. The van der Waals surface area contributed by atoms with Crippen molar-refractivity contribution in [2.75, 3.05) is 44.9 Å². The molecule has 8 heterocycles. The van der Waals surface area contributed by atoms with Crippen LogP contribution in [0.25, 0.3) is 22.3 Å². The number of aryl methyl sites for hydroxylation is 1. The van der Waals surface area contributed by atoms with E-state index in [0.717, 1.165) is 36.6 Å². The zero-order valence-electron chi connectivity index (χ0n) is 40.1. The minimum Gasteiger partial charge on any atom is -0.387 e. The summed E-state index contributed by atoms with van der Waals surface area (Å²) < 4.78 is 105. The lowest BCUT2D eigenvalue weighted by Crippen LogP contribution is -2.46. The minimum atomic E-state index is -6.24. The summed E-state index contributed by atoms with van der Waals surface area (Å²) in [4.78, 5) is 113. The number of aliphatic hydroxyl groups excluding tert-OH is 3. The largest absolute Gasteiger partial charge is 0.490 e. The number of hydrogen-bond donors (Lipinski definition) is 12. The maximum atomic E-state index is 14.3. The third kappa shape index (κ3) is 12.4. The number of fused-ring (bicyclic) bond motifs is 2. The van der Waals surface area contributed by atoms with Crippen LogP contribution in [0, 0.1) is 5.92 Å². The number of phosphoric acid groups is 3. The second-order valence-electron chi connectivity index (χ2n) is 17.5. The Morgan fingerprint density at radius 1 is 0.844 bits per heavy atom. The highest BCUT2D eigenvalue weighted by Gasteiger charge is 2.58. The number of nitrogens with two attached hydrogens (primary N) is 2. The summed E-state index contributed by atoms with van der Waals surface area (Å²) in [7, 11) is -20.9. The number of aliphatic hydroxyl groups is 3. The number of carbonyl (C=O) groups excluding carboxylic acids is 1. The Morgan fingerprint density at radius 2 is 1.51 bits per heavy atom. The smallest absolute Gasteiger partial charge is 0.387 e. The number of aromatic nitrogens is 10. The van der Waals surface area contributed by atoms with Crippen LogP contribution in [0.3, 0.4) is 0 Å². The van der Waals surface area contributed by atoms with E-state index in [1.807, 2.05) is 4.98 Å². The molecule has 424 valence electrons. The number of amides is 1. The van der Waals surface area contributed by atoms with Crippen molar-refractivity contribution in [3.8, 4) is 0 Å². The van der Waals surface area contributed by atoms with Gasteiger partial charge in [-0.25, -0.2) is 38.0 Å². The van der Waals surface area contributed by atoms with Crippen LogP contribution in [-0.4, -0.2) is 166 Å². The van der Waals surface area contributed by atoms with Crippen LogP contribution in [0.1, 0.15) is 38.4 Å². The van der Waals surface area contributed by atoms with Crippen LogP contribution in [0.5, 0.6) is 0 Å². The maximum absolute atomic E-state index is 14.3. The average Bonchev–Trinajstić information content (AvgIpc) is 4.19. The Balaban J connectivity index is 0.965. The molecular weight excluding hydrogens is 1120 g/mol. The van der Waals surface area contributed by atoms with E-state index in [0.29, 0.717) is 6.42 Å². The van der Waals surface area contributed by atoms with Gasteiger partial charge in [0, 0.05) is 38.3 Å². The number of H-pyrrole nitrogens is 2. The molecule has 0 saturated carbocycles. The van der Waals surface area contributed by atoms with E-state index in [1.165, 1.54) is 27.1 Å². The number of ether oxygens (including phenoxy) is 4. The Labute approximate surface area is 430 Å². The summed E-state index contributed by atoms with van der Waals surface area (Å²) >= 11 is 0. The van der Waals surface area contributed by atoms with Crippen molar-refractivity contribution in [2.24, 2.45) is 13.0 Å². The number of nitrogens with zero attached hydrogens (tertiary/aromatic N) is 8. The second-order valence-corrected chi connectivity index (χ2v) is 24.1. The average molecular weight is 1170 g/mol. The predicted molar refractivity (Wildman–Crippen MR) is 252 cm³/mol. The van der Waals surface area contributed by atoms with Gasteiger partial charge < -0.3 is 75.1 Å². The highest BCUT2D eigenvalue weighted by atomic mass is 31.3. The van der Waals surface area contributed by atoms with Gasteiger partial charge in [0.15, 0.2) is 30.2 Å². The molecule has 0 bridgehead atoms. The number of rotatable bonds is 22. The van der Waals surface area contributed by atoms with Gasteiger partial charge >= 0.3 is 42.4 Å². The first-order valence-corrected chi connectivity index (χ1v) is 28.8. The fraction of sp³-hybridized carbons (Fsp3) is 0.583. The number of carbonyl (C=O) groups is 1. The summed E-state index contributed by atoms with van der Waals surface area (Å²) in [5.41, 5.74) is 7.18. The molecule has 41 heteroatoms. The van der Waals surface area contributed by atoms with Crippen LogP contribution < -0.4 is 38.2 Å². The molecular formula is C36H52N13O24P4+. The summed E-state index contributed by atoms with van der Waals surface area (Å²) in [5.74, 6) is -2.00. The van der Waals surface area contributed by atoms with Gasteiger partial charge in [-0.1, -0.05) is 11.9 Å². The predicted octanol–water partition coefficient (Wildman–Crippen LogP) is -3.64. The standard InChI is InChI=1S/C36H51N13O24P4/c1-4-5-19(50)39-8-15-16(69-32(23(15)52)49-14-46(2)22-30(49)44-35(38)45-31(22)55)9-67-75(59,60)72-77(63,64)73-76(61,62)68-11-18-27(26(65-3)34(71-18)48-13-42-21-28(37)40-12-41-29(21)48)74(57,58)66-10-17-24(53)25(54)33(70-17)47-7-6-20(51)43-36(47)56/h6-7,12-18,23-27,32-34,52-54H,4-5,8-11H2,1-3H3,(H10-,37,38,39,40,41,43,44,45,50,51,55,56,57,58,59,60,61,62,63,64)/p+1/t15-,16-,17-,18-,23-,24-,25-,26-,27-,32-,33-,34-/m1/s1. The van der Waals surface area contributed by atoms with Crippen LogP contribution in [0.4, 0.5) is 11.8 Å². The van der Waals surface area contributed by atoms with E-state index >= 15 is 0 Å². The van der Waals surface area contributed by atoms with E-state index < -0.39 is 147 Å². The van der Waals surface area contributed by atoms with Gasteiger partial charge in [0.05, 0.1) is 39.3 Å². The first kappa shape index (κ1) is 58.1. The van der Waals surface area contributed by atoms with Crippen molar-refractivity contribution in [2.45, 2.75) is 86.8 Å². The van der Waals surface area contributed by atoms with Gasteiger partial charge in [0.2, 0.25) is 17.7 Å². The molecule has 3 aliphatic heterocycles. The van der Waals surface area contributed by atoms with Crippen molar-refractivity contribution in [3.05, 3.63) is 62.4 Å². The molecule has 1 amide bonds. The van der Waals surface area contributed by atoms with Crippen molar-refractivity contribution in [1.82, 2.24) is 48.9 Å². The van der Waals surface area contributed by atoms with E-state index in [9.17, 15) is 72.3 Å². The molecule has 16 atom stereocenters. The number of aromatic amines is 2. The summed E-state index contributed by atoms with van der Waals surface area (Å²) in [6.07, 6.45) is -11.5. The molecule has 4 unspecified atom stereocenters. The molecule has 8 rings (SSSR count). The van der Waals surface area contributed by atoms with E-state index in [2.05, 4.69) is 38.9 Å². The maximum Gasteiger partial charge on any atom is 0.490 e. The topological polar surface area (TPSA) is 527 Å². The Morgan fingerprint density at radius 3 is 2.17 bits per heavy atom. The first-order valence-electron chi connectivity index (χ1n) is 22.6. The van der Waals surface area contributed by atoms with Gasteiger partial charge in [-0.05, 0) is 6.42 Å². The Kier molecular flexibility index (Phi) is 17.0. The number of nitrogens with one attached hydrogen (secondary N) is 3. The highest BCUT2D eigenvalue weighted by molar-refractivity contribution is 7.66. The molecule has 77 heavy (non-hydrogen) atoms. The zero-order valence-corrected chi connectivity index (χ0v) is 43.7. The molecule has 37 nitrogen and oxygen atoms in total. The summed E-state index contributed by atoms with van der Waals surface area (Å²) in [6.45, 7) is -1.94. The second kappa shape index (κ2) is 22.6. The number of hydrogen-bond acceptors (Lipinski definition) is 26. The fourth-order valence-electron chi connectivity index (χ4n) is 8.88. The molecule has 0 spiro atoms. The van der Waals surface area contributed by atoms with Crippen LogP contribution in [0.2, 0.25) is 0 Å². The Hall–Kier alpha value is -5.07. The fourth-order valence-corrected chi connectivity index (χ4v) is 14.1. The molecule has 3 saturated heterocycles. The van der Waals surface area contributed by atoms with Gasteiger partial charge in [0.1, 0.15) is 54.1 Å². The van der Waals surface area contributed by atoms with Crippen molar-refractivity contribution >= 4 is 71.1 Å². The molecule has 14 N–H and O–H groups in total. The molecule has 3 aliphatic rings. The highest BCUT2D eigenvalue weighted by Crippen LogP contribution is 2.68. The lowest BCUT2D eigenvalue weighted by Gasteiger charge is -2.28. The van der Waals surface area contributed by atoms with Crippen LogP contribution >= 0.6 is 31.1 Å². The first-order chi connectivity index (χ1) is 36.1. The van der Waals surface area contributed by atoms with E-state index in [-0.39, 0.29) is 47.1 Å². The number of nitrogen functional groups attached to an aromatic ring is 2. The van der Waals surface area contributed by atoms with Gasteiger partial charge in [-0.3, -0.25) is 51.7 Å². The molecule has 3 fully saturated rings. The molecule has 0 radical (unpaired) electrons. The third-order valence-electron chi connectivity index (χ3n) is 12.3. The third-order valence-corrected chi connectivity index (χ3v) is 18.5. The lowest BCUT2D eigenvalue weighted by atomic mass is 9.98. The van der Waals surface area contributed by atoms with Crippen molar-refractivity contribution < 1.29 is 104 Å². The van der Waals surface area contributed by atoms with Gasteiger partial charge in [-0.15, -0.1) is 0 Å². The normalized spacial score (nSPS) is 29.8. The SMILES string of the molecule is CCCC(=O)NC[C@H]1[C@@H](O)[C@H]([n+]2cn(C)c3c(=O)[nH]c(N)nc32)O[C@@H]1COP(=O)(O)OP(=O)(O)OP(=O)(O)OC[C@H]1O[C@@H](n2cnc3c(N)ncnc32)[C@H](OC)[C@@H]1P(=O)(O)OC[C@H]1O[C@@H](n2ccc(=O)[nH]c2=O)[C@H](O)[C@@H]1O. The van der Waals surface area contributed by atoms with Gasteiger partial charge in [0.25, 0.3) is 17.1 Å². The van der Waals surface area contributed by atoms with Crippen LogP contribution in [0.15, 0.2) is 45.6 Å². The zero-order chi connectivity index (χ0) is 56.1. The van der Waals surface area contributed by atoms with Crippen LogP contribution in [-0.2, 0) is 71.2 Å². The number of methoxy groups -OCH3 is 1. The quantitative estimate of drug-likeness (QED) is 0.0235. The van der Waals surface area contributed by atoms with E-state index in [1.54, 1.807) is 6.92 Å². The monoisotopic (exact) mass is 1170 g/mol. The molecule has 5 aromatic heterocycles. The minimum absolute atomic E-state index is 0.000843. The summed E-state index contributed by atoms with van der Waals surface area (Å²) in [5, 5.41) is 35.6. The Bertz CT molecular complexity index is 3390. The molecule has 0 aromatic carbocycles. The molecule has 0 aliphatic carbocycles. The number of phosphoric ester groups is 2. The van der Waals surface area contributed by atoms with E-state index in [4.69, 9.17) is 44.0 Å². The van der Waals surface area contributed by atoms with Gasteiger partial charge in [-0.2, -0.15) is 8.62 Å². The molecule has 5 aromatic rings. The summed E-state index contributed by atoms with van der Waals surface area (Å²) in [6, 6.07) is 0.923. The van der Waals surface area contributed by atoms with Crippen molar-refractivity contribution in [1.29, 1.82) is 0 Å². The van der Waals surface area contributed by atoms with Crippen molar-refractivity contribution in [3.63, 3.8) is 0 Å².